The van der Waals surface area contributed by atoms with Crippen molar-refractivity contribution in [1.82, 2.24) is 14.4 Å². The Morgan fingerprint density at radius 2 is 1.70 bits per heavy atom. The molecule has 0 radical (unpaired) electrons. The molecule has 5 nitrogen and oxygen atoms in total. The number of aromatic nitrogens is 1. The van der Waals surface area contributed by atoms with E-state index >= 15 is 0 Å². The average molecular weight is 367 g/mol. The van der Waals surface area contributed by atoms with Gasteiger partial charge in [0.15, 0.2) is 0 Å². The Kier molecular flexibility index (Phi) is 6.32. The molecule has 2 amide bonds. The highest BCUT2D eigenvalue weighted by Gasteiger charge is 2.22. The standard InChI is InChI=1S/C22H29N3O2/c1-18-5-3-6-19(15-18)7-8-21(26)24-10-4-11-25(14-13-24)22(27)16-20-9-12-23(2)17-20/h3,5-6,9,12,15,17H,4,7-8,10-11,13-14,16H2,1-2H3. The van der Waals surface area contributed by atoms with E-state index in [4.69, 9.17) is 0 Å². The number of aryl methyl sites for hydroxylation is 3. The third-order valence-corrected chi connectivity index (χ3v) is 5.16. The Morgan fingerprint density at radius 1 is 0.963 bits per heavy atom. The van der Waals surface area contributed by atoms with Crippen LogP contribution in [0.4, 0.5) is 0 Å². The summed E-state index contributed by atoms with van der Waals surface area (Å²) in [5, 5.41) is 0. The number of hydrogen-bond acceptors (Lipinski definition) is 2. The minimum atomic E-state index is 0.148. The highest BCUT2D eigenvalue weighted by Crippen LogP contribution is 2.11. The maximum atomic E-state index is 12.6. The Morgan fingerprint density at radius 3 is 2.37 bits per heavy atom. The third kappa shape index (κ3) is 5.46. The lowest BCUT2D eigenvalue weighted by molar-refractivity contribution is -0.133. The first-order chi connectivity index (χ1) is 13.0. The lowest BCUT2D eigenvalue weighted by Gasteiger charge is -2.22. The lowest BCUT2D eigenvalue weighted by Crippen LogP contribution is -2.38. The highest BCUT2D eigenvalue weighted by molar-refractivity contribution is 5.79. The second-order valence-corrected chi connectivity index (χ2v) is 7.47. The highest BCUT2D eigenvalue weighted by atomic mass is 16.2. The van der Waals surface area contributed by atoms with Crippen LogP contribution in [-0.4, -0.2) is 52.4 Å². The fraction of sp³-hybridized carbons (Fsp3) is 0.455. The molecule has 0 N–H and O–H groups in total. The first-order valence-electron chi connectivity index (χ1n) is 9.73. The predicted octanol–water partition coefficient (Wildman–Crippen LogP) is 2.57. The second-order valence-electron chi connectivity index (χ2n) is 7.47. The van der Waals surface area contributed by atoms with Crippen LogP contribution in [0.25, 0.3) is 0 Å². The van der Waals surface area contributed by atoms with Gasteiger partial charge < -0.3 is 14.4 Å². The van der Waals surface area contributed by atoms with Crippen LogP contribution in [-0.2, 0) is 29.5 Å². The van der Waals surface area contributed by atoms with Crippen LogP contribution < -0.4 is 0 Å². The van der Waals surface area contributed by atoms with Crippen molar-refractivity contribution in [2.24, 2.45) is 7.05 Å². The maximum Gasteiger partial charge on any atom is 0.227 e. The number of hydrogen-bond donors (Lipinski definition) is 0. The van der Waals surface area contributed by atoms with Gasteiger partial charge in [-0.1, -0.05) is 29.8 Å². The SMILES string of the molecule is Cc1cccc(CCC(=O)N2CCCN(C(=O)Cc3ccn(C)c3)CC2)c1. The van der Waals surface area contributed by atoms with Crippen LogP contribution in [0.5, 0.6) is 0 Å². The predicted molar refractivity (Wildman–Crippen MR) is 106 cm³/mol. The molecule has 144 valence electrons. The van der Waals surface area contributed by atoms with Crippen molar-refractivity contribution < 1.29 is 9.59 Å². The molecule has 1 aliphatic heterocycles. The van der Waals surface area contributed by atoms with Crippen LogP contribution in [0.3, 0.4) is 0 Å². The van der Waals surface area contributed by atoms with Gasteiger partial charge in [-0.15, -0.1) is 0 Å². The number of amides is 2. The van der Waals surface area contributed by atoms with Crippen molar-refractivity contribution in [2.75, 3.05) is 26.2 Å². The number of carbonyl (C=O) groups excluding carboxylic acids is 2. The Hall–Kier alpha value is -2.56. The zero-order chi connectivity index (χ0) is 19.2. The van der Waals surface area contributed by atoms with Crippen LogP contribution in [0.2, 0.25) is 0 Å². The van der Waals surface area contributed by atoms with E-state index in [0.717, 1.165) is 31.5 Å². The number of rotatable bonds is 5. The topological polar surface area (TPSA) is 45.6 Å². The molecule has 0 bridgehead atoms. The normalized spacial score (nSPS) is 14.9. The molecule has 1 fully saturated rings. The van der Waals surface area contributed by atoms with Gasteiger partial charge in [0.05, 0.1) is 6.42 Å². The Balaban J connectivity index is 1.48. The van der Waals surface area contributed by atoms with E-state index in [1.54, 1.807) is 0 Å². The van der Waals surface area contributed by atoms with E-state index < -0.39 is 0 Å². The van der Waals surface area contributed by atoms with Crippen molar-refractivity contribution in [1.29, 1.82) is 0 Å². The van der Waals surface area contributed by atoms with E-state index in [-0.39, 0.29) is 11.8 Å². The summed E-state index contributed by atoms with van der Waals surface area (Å²) >= 11 is 0. The molecule has 1 aromatic heterocycles. The summed E-state index contributed by atoms with van der Waals surface area (Å²) in [6, 6.07) is 10.3. The van der Waals surface area contributed by atoms with Crippen molar-refractivity contribution in [3.63, 3.8) is 0 Å². The van der Waals surface area contributed by atoms with Gasteiger partial charge in [-0.05, 0) is 37.0 Å². The van der Waals surface area contributed by atoms with Gasteiger partial charge >= 0.3 is 0 Å². The first-order valence-corrected chi connectivity index (χ1v) is 9.73. The van der Waals surface area contributed by atoms with Crippen LogP contribution in [0, 0.1) is 6.92 Å². The summed E-state index contributed by atoms with van der Waals surface area (Å²) in [4.78, 5) is 29.0. The molecule has 3 rings (SSSR count). The molecule has 0 spiro atoms. The van der Waals surface area contributed by atoms with Crippen molar-refractivity contribution >= 4 is 11.8 Å². The lowest BCUT2D eigenvalue weighted by atomic mass is 10.1. The fourth-order valence-corrected chi connectivity index (χ4v) is 3.65. The van der Waals surface area contributed by atoms with Gasteiger partial charge in [0.2, 0.25) is 11.8 Å². The average Bonchev–Trinajstić information content (AvgIpc) is 2.91. The molecular formula is C22H29N3O2. The third-order valence-electron chi connectivity index (χ3n) is 5.16. The summed E-state index contributed by atoms with van der Waals surface area (Å²) in [7, 11) is 1.96. The molecule has 5 heteroatoms. The maximum absolute atomic E-state index is 12.6. The zero-order valence-electron chi connectivity index (χ0n) is 16.4. The molecule has 1 aliphatic rings. The minimum absolute atomic E-state index is 0.148. The molecule has 2 aromatic rings. The van der Waals surface area contributed by atoms with Gasteiger partial charge in [-0.2, -0.15) is 0 Å². The first kappa shape index (κ1) is 19.2. The molecule has 27 heavy (non-hydrogen) atoms. The zero-order valence-corrected chi connectivity index (χ0v) is 16.4. The van der Waals surface area contributed by atoms with Gasteiger partial charge in [0, 0.05) is 52.0 Å². The minimum Gasteiger partial charge on any atom is -0.357 e. The second kappa shape index (κ2) is 8.89. The van der Waals surface area contributed by atoms with E-state index in [1.165, 1.54) is 11.1 Å². The fourth-order valence-electron chi connectivity index (χ4n) is 3.65. The van der Waals surface area contributed by atoms with Gasteiger partial charge in [-0.3, -0.25) is 9.59 Å². The van der Waals surface area contributed by atoms with E-state index in [0.29, 0.717) is 25.9 Å². The summed E-state index contributed by atoms with van der Waals surface area (Å²) in [5.74, 6) is 0.337. The van der Waals surface area contributed by atoms with Crippen LogP contribution in [0.1, 0.15) is 29.5 Å². The molecular weight excluding hydrogens is 338 g/mol. The molecule has 2 heterocycles. The van der Waals surface area contributed by atoms with Gasteiger partial charge in [0.1, 0.15) is 0 Å². The largest absolute Gasteiger partial charge is 0.357 e. The van der Waals surface area contributed by atoms with Crippen LogP contribution in [0.15, 0.2) is 42.7 Å². The molecule has 0 saturated carbocycles. The van der Waals surface area contributed by atoms with Crippen molar-refractivity contribution in [3.05, 3.63) is 59.4 Å². The summed E-state index contributed by atoms with van der Waals surface area (Å²) in [5.41, 5.74) is 3.47. The van der Waals surface area contributed by atoms with E-state index in [2.05, 4.69) is 25.1 Å². The monoisotopic (exact) mass is 367 g/mol. The van der Waals surface area contributed by atoms with Crippen molar-refractivity contribution in [3.8, 4) is 0 Å². The molecule has 1 saturated heterocycles. The summed E-state index contributed by atoms with van der Waals surface area (Å²) < 4.78 is 1.96. The number of benzene rings is 1. The molecule has 1 aromatic carbocycles. The number of carbonyl (C=O) groups is 2. The molecule has 0 aliphatic carbocycles. The summed E-state index contributed by atoms with van der Waals surface area (Å²) in [6.07, 6.45) is 6.52. The molecule has 0 unspecified atom stereocenters. The Bertz CT molecular complexity index is 796. The van der Waals surface area contributed by atoms with Gasteiger partial charge in [-0.25, -0.2) is 0 Å². The Labute approximate surface area is 161 Å². The smallest absolute Gasteiger partial charge is 0.227 e. The molecule has 0 atom stereocenters. The van der Waals surface area contributed by atoms with Crippen molar-refractivity contribution in [2.45, 2.75) is 32.6 Å². The summed E-state index contributed by atoms with van der Waals surface area (Å²) in [6.45, 7) is 4.80. The van der Waals surface area contributed by atoms with Crippen LogP contribution >= 0.6 is 0 Å². The van der Waals surface area contributed by atoms with E-state index in [1.807, 2.05) is 45.9 Å². The van der Waals surface area contributed by atoms with Gasteiger partial charge in [0.25, 0.3) is 0 Å². The van der Waals surface area contributed by atoms with E-state index in [9.17, 15) is 9.59 Å². The number of nitrogens with zero attached hydrogens (tertiary/aromatic N) is 3. The quantitative estimate of drug-likeness (QED) is 0.815.